The minimum Gasteiger partial charge on any atom is -0.507 e. The zero-order valence-electron chi connectivity index (χ0n) is 9.00. The molecule has 0 aliphatic rings. The van der Waals surface area contributed by atoms with Gasteiger partial charge in [-0.15, -0.1) is 0 Å². The Morgan fingerprint density at radius 3 is 2.73 bits per heavy atom. The summed E-state index contributed by atoms with van der Waals surface area (Å²) in [6.45, 7) is 7.79. The number of amides is 1. The van der Waals surface area contributed by atoms with Gasteiger partial charge in [-0.3, -0.25) is 4.79 Å². The van der Waals surface area contributed by atoms with Crippen LogP contribution in [-0.4, -0.2) is 17.6 Å². The van der Waals surface area contributed by atoms with Gasteiger partial charge in [0.05, 0.1) is 5.56 Å². The van der Waals surface area contributed by atoms with E-state index >= 15 is 0 Å². The van der Waals surface area contributed by atoms with Crippen molar-refractivity contribution in [2.75, 3.05) is 6.54 Å². The van der Waals surface area contributed by atoms with E-state index in [9.17, 15) is 9.90 Å². The van der Waals surface area contributed by atoms with E-state index in [1.807, 2.05) is 13.8 Å². The maximum absolute atomic E-state index is 11.6. The van der Waals surface area contributed by atoms with Crippen LogP contribution in [0.25, 0.3) is 0 Å². The third-order valence-electron chi connectivity index (χ3n) is 1.95. The predicted octanol–water partition coefficient (Wildman–Crippen LogP) is 2.01. The fourth-order valence-corrected chi connectivity index (χ4v) is 1.16. The van der Waals surface area contributed by atoms with Crippen molar-refractivity contribution in [3.63, 3.8) is 0 Å². The number of carbonyl (C=O) groups excluding carboxylic acids is 1. The normalized spacial score (nSPS) is 9.73. The molecule has 0 unspecified atom stereocenters. The van der Waals surface area contributed by atoms with Crippen molar-refractivity contribution in [2.45, 2.75) is 13.8 Å². The van der Waals surface area contributed by atoms with Gasteiger partial charge in [0, 0.05) is 6.54 Å². The number of phenols is 1. The molecule has 1 aromatic rings. The van der Waals surface area contributed by atoms with Crippen molar-refractivity contribution in [3.05, 3.63) is 41.5 Å². The van der Waals surface area contributed by atoms with Crippen molar-refractivity contribution < 1.29 is 9.90 Å². The molecule has 1 amide bonds. The van der Waals surface area contributed by atoms with Gasteiger partial charge in [0.25, 0.3) is 5.91 Å². The molecule has 0 aliphatic carbocycles. The number of rotatable bonds is 3. The Morgan fingerprint density at radius 1 is 1.53 bits per heavy atom. The van der Waals surface area contributed by atoms with E-state index in [1.165, 1.54) is 0 Å². The van der Waals surface area contributed by atoms with Crippen LogP contribution in [0.2, 0.25) is 0 Å². The Hall–Kier alpha value is -1.77. The van der Waals surface area contributed by atoms with Crippen LogP contribution in [-0.2, 0) is 0 Å². The second-order valence-electron chi connectivity index (χ2n) is 3.66. The quantitative estimate of drug-likeness (QED) is 0.741. The summed E-state index contributed by atoms with van der Waals surface area (Å²) < 4.78 is 0. The molecule has 15 heavy (non-hydrogen) atoms. The fraction of sp³-hybridized carbons (Fsp3) is 0.250. The summed E-state index contributed by atoms with van der Waals surface area (Å²) in [5, 5.41) is 12.2. The van der Waals surface area contributed by atoms with E-state index in [2.05, 4.69) is 11.9 Å². The number of hydrogen-bond donors (Lipinski definition) is 2. The average Bonchev–Trinajstić information content (AvgIpc) is 2.14. The highest BCUT2D eigenvalue weighted by Crippen LogP contribution is 2.17. The molecule has 0 aromatic heterocycles. The second kappa shape index (κ2) is 4.64. The third-order valence-corrected chi connectivity index (χ3v) is 1.95. The van der Waals surface area contributed by atoms with E-state index in [0.717, 1.165) is 11.1 Å². The van der Waals surface area contributed by atoms with Gasteiger partial charge in [-0.1, -0.05) is 18.2 Å². The maximum atomic E-state index is 11.6. The van der Waals surface area contributed by atoms with Gasteiger partial charge in [0.15, 0.2) is 0 Å². The summed E-state index contributed by atoms with van der Waals surface area (Å²) in [6.07, 6.45) is 0. The van der Waals surface area contributed by atoms with Crippen LogP contribution >= 0.6 is 0 Å². The monoisotopic (exact) mass is 205 g/mol. The largest absolute Gasteiger partial charge is 0.507 e. The molecule has 80 valence electrons. The molecule has 1 aromatic carbocycles. The van der Waals surface area contributed by atoms with E-state index in [4.69, 9.17) is 0 Å². The molecule has 0 saturated heterocycles. The number of nitrogens with one attached hydrogen (secondary N) is 1. The molecule has 0 atom stereocenters. The summed E-state index contributed by atoms with van der Waals surface area (Å²) >= 11 is 0. The van der Waals surface area contributed by atoms with Crippen molar-refractivity contribution in [2.24, 2.45) is 0 Å². The molecular weight excluding hydrogens is 190 g/mol. The SMILES string of the molecule is C=C(C)CNC(=O)c1ccc(C)cc1O. The zero-order chi connectivity index (χ0) is 11.4. The highest BCUT2D eigenvalue weighted by atomic mass is 16.3. The molecule has 0 aliphatic heterocycles. The number of phenolic OH excluding ortho intramolecular Hbond substituents is 1. The van der Waals surface area contributed by atoms with Crippen molar-refractivity contribution in [1.29, 1.82) is 0 Å². The van der Waals surface area contributed by atoms with E-state index in [-0.39, 0.29) is 11.7 Å². The molecule has 0 saturated carbocycles. The molecular formula is C12H15NO2. The second-order valence-corrected chi connectivity index (χ2v) is 3.66. The summed E-state index contributed by atoms with van der Waals surface area (Å²) in [5.41, 5.74) is 2.08. The lowest BCUT2D eigenvalue weighted by atomic mass is 10.1. The van der Waals surface area contributed by atoms with Gasteiger partial charge in [-0.25, -0.2) is 0 Å². The van der Waals surface area contributed by atoms with Crippen LogP contribution in [0.1, 0.15) is 22.8 Å². The van der Waals surface area contributed by atoms with Gasteiger partial charge >= 0.3 is 0 Å². The smallest absolute Gasteiger partial charge is 0.255 e. The van der Waals surface area contributed by atoms with Gasteiger partial charge < -0.3 is 10.4 Å². The van der Waals surface area contributed by atoms with Gasteiger partial charge in [0.1, 0.15) is 5.75 Å². The molecule has 1 rings (SSSR count). The maximum Gasteiger partial charge on any atom is 0.255 e. The fourth-order valence-electron chi connectivity index (χ4n) is 1.16. The molecule has 0 fully saturated rings. The summed E-state index contributed by atoms with van der Waals surface area (Å²) in [6, 6.07) is 4.96. The Labute approximate surface area is 89.4 Å². The summed E-state index contributed by atoms with van der Waals surface area (Å²) in [4.78, 5) is 11.6. The van der Waals surface area contributed by atoms with E-state index < -0.39 is 0 Å². The first kappa shape index (κ1) is 11.3. The molecule has 0 heterocycles. The first-order valence-corrected chi connectivity index (χ1v) is 4.73. The standard InChI is InChI=1S/C12H15NO2/c1-8(2)7-13-12(15)10-5-4-9(3)6-11(10)14/h4-6,14H,1,7H2,2-3H3,(H,13,15). The van der Waals surface area contributed by atoms with Crippen molar-refractivity contribution >= 4 is 5.91 Å². The number of carbonyl (C=O) groups is 1. The van der Waals surface area contributed by atoms with Gasteiger partial charge in [0.2, 0.25) is 0 Å². The van der Waals surface area contributed by atoms with E-state index in [0.29, 0.717) is 12.1 Å². The van der Waals surface area contributed by atoms with Gasteiger partial charge in [-0.2, -0.15) is 0 Å². The topological polar surface area (TPSA) is 49.3 Å². The number of aryl methyl sites for hydroxylation is 1. The Balaban J connectivity index is 2.78. The summed E-state index contributed by atoms with van der Waals surface area (Å²) in [5.74, 6) is -0.273. The van der Waals surface area contributed by atoms with Crippen LogP contribution in [0, 0.1) is 6.92 Å². The van der Waals surface area contributed by atoms with Crippen LogP contribution < -0.4 is 5.32 Å². The Morgan fingerprint density at radius 2 is 2.20 bits per heavy atom. The number of aromatic hydroxyl groups is 1. The highest BCUT2D eigenvalue weighted by Gasteiger charge is 2.09. The average molecular weight is 205 g/mol. The molecule has 0 bridgehead atoms. The van der Waals surface area contributed by atoms with Crippen LogP contribution in [0.3, 0.4) is 0 Å². The first-order valence-electron chi connectivity index (χ1n) is 4.73. The lowest BCUT2D eigenvalue weighted by Crippen LogP contribution is -2.24. The van der Waals surface area contributed by atoms with Crippen molar-refractivity contribution in [3.8, 4) is 5.75 Å². The molecule has 0 spiro atoms. The Kier molecular flexibility index (Phi) is 3.50. The minimum absolute atomic E-state index is 0.00853. The number of hydrogen-bond acceptors (Lipinski definition) is 2. The lowest BCUT2D eigenvalue weighted by Gasteiger charge is -2.06. The lowest BCUT2D eigenvalue weighted by molar-refractivity contribution is 0.0954. The van der Waals surface area contributed by atoms with Crippen LogP contribution in [0.5, 0.6) is 5.75 Å². The number of benzene rings is 1. The summed E-state index contributed by atoms with van der Waals surface area (Å²) in [7, 11) is 0. The van der Waals surface area contributed by atoms with Crippen LogP contribution in [0.4, 0.5) is 0 Å². The van der Waals surface area contributed by atoms with E-state index in [1.54, 1.807) is 18.2 Å². The van der Waals surface area contributed by atoms with Crippen molar-refractivity contribution in [1.82, 2.24) is 5.32 Å². The molecule has 3 heteroatoms. The predicted molar refractivity (Wildman–Crippen MR) is 60.0 cm³/mol. The zero-order valence-corrected chi connectivity index (χ0v) is 9.00. The van der Waals surface area contributed by atoms with Gasteiger partial charge in [-0.05, 0) is 31.5 Å². The minimum atomic E-state index is -0.282. The Bertz CT molecular complexity index is 397. The highest BCUT2D eigenvalue weighted by molar-refractivity contribution is 5.96. The molecule has 0 radical (unpaired) electrons. The van der Waals surface area contributed by atoms with Crippen LogP contribution in [0.15, 0.2) is 30.4 Å². The third kappa shape index (κ3) is 3.13. The molecule has 2 N–H and O–H groups in total. The molecule has 3 nitrogen and oxygen atoms in total. The first-order chi connectivity index (χ1) is 7.00.